The maximum atomic E-state index is 12.0. The number of hydrogen-bond acceptors (Lipinski definition) is 5. The molecule has 0 aliphatic carbocycles. The van der Waals surface area contributed by atoms with E-state index in [-0.39, 0.29) is 16.5 Å². The molecule has 2 aromatic carbocycles. The molecular formula is C18H20N2O5S. The van der Waals surface area contributed by atoms with Gasteiger partial charge in [0.05, 0.1) is 16.5 Å². The van der Waals surface area contributed by atoms with Gasteiger partial charge in [-0.05, 0) is 43.8 Å². The van der Waals surface area contributed by atoms with Gasteiger partial charge < -0.3 is 10.1 Å². The predicted octanol–water partition coefficient (Wildman–Crippen LogP) is 1.63. The summed E-state index contributed by atoms with van der Waals surface area (Å²) in [4.78, 5) is 23.9. The van der Waals surface area contributed by atoms with E-state index in [4.69, 9.17) is 4.74 Å². The van der Waals surface area contributed by atoms with Crippen LogP contribution in [0.3, 0.4) is 0 Å². The van der Waals surface area contributed by atoms with Crippen molar-refractivity contribution in [3.05, 3.63) is 65.7 Å². The van der Waals surface area contributed by atoms with Gasteiger partial charge in [0.25, 0.3) is 5.91 Å². The number of hydrogen-bond donors (Lipinski definition) is 2. The van der Waals surface area contributed by atoms with E-state index in [0.29, 0.717) is 0 Å². The summed E-state index contributed by atoms with van der Waals surface area (Å²) < 4.78 is 30.4. The zero-order valence-electron chi connectivity index (χ0n) is 14.4. The van der Waals surface area contributed by atoms with Gasteiger partial charge in [-0.2, -0.15) is 0 Å². The third kappa shape index (κ3) is 5.14. The van der Waals surface area contributed by atoms with Gasteiger partial charge in [0.15, 0.2) is 6.61 Å². The Labute approximate surface area is 152 Å². The van der Waals surface area contributed by atoms with Crippen molar-refractivity contribution in [3.8, 4) is 0 Å². The Kier molecular flexibility index (Phi) is 6.48. The molecule has 0 aromatic heterocycles. The van der Waals surface area contributed by atoms with Crippen LogP contribution in [0.2, 0.25) is 0 Å². The van der Waals surface area contributed by atoms with E-state index in [1.54, 1.807) is 0 Å². The zero-order chi connectivity index (χ0) is 19.2. The summed E-state index contributed by atoms with van der Waals surface area (Å²) in [5.74, 6) is -1.13. The molecule has 1 atom stereocenters. The van der Waals surface area contributed by atoms with Gasteiger partial charge in [0, 0.05) is 0 Å². The van der Waals surface area contributed by atoms with E-state index in [1.165, 1.54) is 31.3 Å². The predicted molar refractivity (Wildman–Crippen MR) is 96.0 cm³/mol. The number of benzene rings is 2. The first-order valence-electron chi connectivity index (χ1n) is 7.88. The molecule has 1 amide bonds. The number of nitrogens with one attached hydrogen (secondary N) is 2. The fourth-order valence-corrected chi connectivity index (χ4v) is 2.94. The largest absolute Gasteiger partial charge is 0.452 e. The van der Waals surface area contributed by atoms with Crippen molar-refractivity contribution in [2.45, 2.75) is 17.9 Å². The highest BCUT2D eigenvalue weighted by molar-refractivity contribution is 7.89. The third-order valence-electron chi connectivity index (χ3n) is 3.68. The standard InChI is InChI=1S/C18H20N2O5S/c1-13(14-6-4-3-5-7-14)20-17(21)12-25-18(22)15-8-10-16(11-9-15)26(23,24)19-2/h3-11,13,19H,12H2,1-2H3,(H,20,21). The summed E-state index contributed by atoms with van der Waals surface area (Å²) in [6, 6.07) is 14.4. The van der Waals surface area contributed by atoms with Gasteiger partial charge >= 0.3 is 5.97 Å². The monoisotopic (exact) mass is 376 g/mol. The van der Waals surface area contributed by atoms with E-state index in [0.717, 1.165) is 5.56 Å². The molecule has 0 heterocycles. The first-order chi connectivity index (χ1) is 12.3. The fourth-order valence-electron chi connectivity index (χ4n) is 2.21. The van der Waals surface area contributed by atoms with Crippen LogP contribution in [0, 0.1) is 0 Å². The van der Waals surface area contributed by atoms with Crippen molar-refractivity contribution < 1.29 is 22.7 Å². The lowest BCUT2D eigenvalue weighted by Crippen LogP contribution is -2.31. The van der Waals surface area contributed by atoms with Crippen molar-refractivity contribution in [2.75, 3.05) is 13.7 Å². The van der Waals surface area contributed by atoms with E-state index in [2.05, 4.69) is 10.0 Å². The molecule has 0 spiro atoms. The Hall–Kier alpha value is -2.71. The lowest BCUT2D eigenvalue weighted by Gasteiger charge is -2.14. The fraction of sp³-hybridized carbons (Fsp3) is 0.222. The van der Waals surface area contributed by atoms with Crippen LogP contribution < -0.4 is 10.0 Å². The maximum Gasteiger partial charge on any atom is 0.338 e. The Morgan fingerprint density at radius 3 is 2.23 bits per heavy atom. The maximum absolute atomic E-state index is 12.0. The molecule has 0 saturated heterocycles. The van der Waals surface area contributed by atoms with Crippen LogP contribution in [0.5, 0.6) is 0 Å². The van der Waals surface area contributed by atoms with E-state index in [9.17, 15) is 18.0 Å². The molecule has 0 fully saturated rings. The highest BCUT2D eigenvalue weighted by atomic mass is 32.2. The zero-order valence-corrected chi connectivity index (χ0v) is 15.2. The normalized spacial score (nSPS) is 12.2. The molecule has 0 radical (unpaired) electrons. The average molecular weight is 376 g/mol. The van der Waals surface area contributed by atoms with Crippen LogP contribution in [0.25, 0.3) is 0 Å². The van der Waals surface area contributed by atoms with Crippen molar-refractivity contribution in [2.24, 2.45) is 0 Å². The molecule has 8 heteroatoms. The molecule has 0 aliphatic heterocycles. The SMILES string of the molecule is CNS(=O)(=O)c1ccc(C(=O)OCC(=O)NC(C)c2ccccc2)cc1. The second kappa shape index (κ2) is 8.59. The molecule has 0 aliphatic rings. The number of esters is 1. The molecule has 0 saturated carbocycles. The Morgan fingerprint density at radius 1 is 1.04 bits per heavy atom. The minimum atomic E-state index is -3.57. The van der Waals surface area contributed by atoms with Crippen LogP contribution >= 0.6 is 0 Å². The number of carbonyl (C=O) groups excluding carboxylic acids is 2. The molecule has 2 rings (SSSR count). The summed E-state index contributed by atoms with van der Waals surface area (Å²) in [5, 5.41) is 2.74. The number of rotatable bonds is 7. The Morgan fingerprint density at radius 2 is 1.65 bits per heavy atom. The van der Waals surface area contributed by atoms with Gasteiger partial charge in [0.1, 0.15) is 0 Å². The van der Waals surface area contributed by atoms with E-state index < -0.39 is 28.5 Å². The van der Waals surface area contributed by atoms with Crippen molar-refractivity contribution in [3.63, 3.8) is 0 Å². The van der Waals surface area contributed by atoms with Crippen LogP contribution in [-0.2, 0) is 19.6 Å². The topological polar surface area (TPSA) is 102 Å². The first kappa shape index (κ1) is 19.6. The molecule has 26 heavy (non-hydrogen) atoms. The smallest absolute Gasteiger partial charge is 0.338 e. The van der Waals surface area contributed by atoms with Crippen molar-refractivity contribution >= 4 is 21.9 Å². The molecule has 2 N–H and O–H groups in total. The van der Waals surface area contributed by atoms with Crippen LogP contribution in [0.4, 0.5) is 0 Å². The van der Waals surface area contributed by atoms with Crippen molar-refractivity contribution in [1.82, 2.24) is 10.0 Å². The second-order valence-electron chi connectivity index (χ2n) is 5.51. The second-order valence-corrected chi connectivity index (χ2v) is 7.39. The van der Waals surface area contributed by atoms with Gasteiger partial charge in [0.2, 0.25) is 10.0 Å². The molecular weight excluding hydrogens is 356 g/mol. The summed E-state index contributed by atoms with van der Waals surface area (Å²) in [5.41, 5.74) is 1.09. The van der Waals surface area contributed by atoms with E-state index in [1.807, 2.05) is 37.3 Å². The number of amides is 1. The summed E-state index contributed by atoms with van der Waals surface area (Å²) in [6.45, 7) is 1.41. The van der Waals surface area contributed by atoms with Crippen LogP contribution in [-0.4, -0.2) is 33.9 Å². The van der Waals surface area contributed by atoms with Crippen LogP contribution in [0.1, 0.15) is 28.9 Å². The lowest BCUT2D eigenvalue weighted by atomic mass is 10.1. The minimum absolute atomic E-state index is 0.0333. The average Bonchev–Trinajstić information content (AvgIpc) is 2.66. The Bertz CT molecular complexity index is 864. The van der Waals surface area contributed by atoms with Crippen molar-refractivity contribution in [1.29, 1.82) is 0 Å². The Balaban J connectivity index is 1.89. The highest BCUT2D eigenvalue weighted by Gasteiger charge is 2.15. The third-order valence-corrected chi connectivity index (χ3v) is 5.11. The number of sulfonamides is 1. The van der Waals surface area contributed by atoms with Gasteiger partial charge in [-0.1, -0.05) is 30.3 Å². The van der Waals surface area contributed by atoms with Crippen LogP contribution in [0.15, 0.2) is 59.5 Å². The molecule has 2 aromatic rings. The summed E-state index contributed by atoms with van der Waals surface area (Å²) in [7, 11) is -2.27. The molecule has 138 valence electrons. The number of ether oxygens (including phenoxy) is 1. The lowest BCUT2D eigenvalue weighted by molar-refractivity contribution is -0.124. The molecule has 7 nitrogen and oxygen atoms in total. The summed E-state index contributed by atoms with van der Waals surface area (Å²) >= 11 is 0. The first-order valence-corrected chi connectivity index (χ1v) is 9.37. The van der Waals surface area contributed by atoms with Gasteiger partial charge in [-0.15, -0.1) is 0 Å². The summed E-state index contributed by atoms with van der Waals surface area (Å²) in [6.07, 6.45) is 0. The van der Waals surface area contributed by atoms with Gasteiger partial charge in [-0.3, -0.25) is 4.79 Å². The highest BCUT2D eigenvalue weighted by Crippen LogP contribution is 2.12. The quantitative estimate of drug-likeness (QED) is 0.715. The minimum Gasteiger partial charge on any atom is -0.452 e. The number of carbonyl (C=O) groups is 2. The molecule has 1 unspecified atom stereocenters. The van der Waals surface area contributed by atoms with Gasteiger partial charge in [-0.25, -0.2) is 17.9 Å². The molecule has 0 bridgehead atoms. The van der Waals surface area contributed by atoms with E-state index >= 15 is 0 Å².